The van der Waals surface area contributed by atoms with E-state index in [2.05, 4.69) is 5.32 Å². The van der Waals surface area contributed by atoms with Crippen LogP contribution >= 0.6 is 0 Å². The van der Waals surface area contributed by atoms with Crippen molar-refractivity contribution < 1.29 is 14.3 Å². The van der Waals surface area contributed by atoms with E-state index < -0.39 is 6.29 Å². The van der Waals surface area contributed by atoms with E-state index in [9.17, 15) is 4.79 Å². The maximum Gasteiger partial charge on any atom is 0.224 e. The first-order chi connectivity index (χ1) is 8.56. The van der Waals surface area contributed by atoms with Crippen molar-refractivity contribution in [2.45, 2.75) is 25.7 Å². The van der Waals surface area contributed by atoms with Gasteiger partial charge in [-0.3, -0.25) is 4.79 Å². The quantitative estimate of drug-likeness (QED) is 0.583. The number of hydrogen-bond acceptors (Lipinski definition) is 4. The first-order valence-electron chi connectivity index (χ1n) is 5.76. The summed E-state index contributed by atoms with van der Waals surface area (Å²) in [4.78, 5) is 11.8. The van der Waals surface area contributed by atoms with Crippen molar-refractivity contribution in [1.82, 2.24) is 5.32 Å². The van der Waals surface area contributed by atoms with Crippen LogP contribution in [-0.2, 0) is 20.7 Å². The highest BCUT2D eigenvalue weighted by Crippen LogP contribution is 2.06. The zero-order chi connectivity index (χ0) is 13.5. The third kappa shape index (κ3) is 4.35. The summed E-state index contributed by atoms with van der Waals surface area (Å²) >= 11 is 0. The van der Waals surface area contributed by atoms with Gasteiger partial charge in [0.1, 0.15) is 0 Å². The summed E-state index contributed by atoms with van der Waals surface area (Å²) in [5, 5.41) is 2.82. The lowest BCUT2D eigenvalue weighted by Crippen LogP contribution is -2.43. The standard InChI is InChI=1S/C13H20N2O3/c1-9(13(17-2)18-3)15-12(16)8-10-4-6-11(14)7-5-10/h4-7,9,13H,8,14H2,1-3H3,(H,15,16). The summed E-state index contributed by atoms with van der Waals surface area (Å²) in [5.41, 5.74) is 7.18. The summed E-state index contributed by atoms with van der Waals surface area (Å²) in [6.07, 6.45) is -0.134. The van der Waals surface area contributed by atoms with Crippen LogP contribution in [-0.4, -0.2) is 32.5 Å². The number of benzene rings is 1. The van der Waals surface area contributed by atoms with Crippen molar-refractivity contribution in [3.63, 3.8) is 0 Å². The van der Waals surface area contributed by atoms with Gasteiger partial charge in [0.05, 0.1) is 12.5 Å². The molecule has 1 aromatic rings. The summed E-state index contributed by atoms with van der Waals surface area (Å²) in [6.45, 7) is 1.83. The van der Waals surface area contributed by atoms with Gasteiger partial charge in [0.15, 0.2) is 6.29 Å². The van der Waals surface area contributed by atoms with Crippen LogP contribution in [0.2, 0.25) is 0 Å². The highest BCUT2D eigenvalue weighted by Gasteiger charge is 2.17. The normalized spacial score (nSPS) is 12.4. The molecule has 0 aromatic heterocycles. The van der Waals surface area contributed by atoms with Crippen LogP contribution in [0.4, 0.5) is 5.69 Å². The maximum absolute atomic E-state index is 11.8. The average molecular weight is 252 g/mol. The molecule has 18 heavy (non-hydrogen) atoms. The monoisotopic (exact) mass is 252 g/mol. The fraction of sp³-hybridized carbons (Fsp3) is 0.462. The Balaban J connectivity index is 2.48. The average Bonchev–Trinajstić information content (AvgIpc) is 2.33. The lowest BCUT2D eigenvalue weighted by atomic mass is 10.1. The molecule has 1 amide bonds. The van der Waals surface area contributed by atoms with Gasteiger partial charge in [-0.15, -0.1) is 0 Å². The van der Waals surface area contributed by atoms with Crippen LogP contribution in [0.5, 0.6) is 0 Å². The number of nitrogens with two attached hydrogens (primary N) is 1. The molecule has 0 saturated carbocycles. The van der Waals surface area contributed by atoms with E-state index in [1.807, 2.05) is 19.1 Å². The molecule has 1 unspecified atom stereocenters. The van der Waals surface area contributed by atoms with Gasteiger partial charge >= 0.3 is 0 Å². The van der Waals surface area contributed by atoms with Crippen molar-refractivity contribution >= 4 is 11.6 Å². The minimum atomic E-state index is -0.444. The fourth-order valence-corrected chi connectivity index (χ4v) is 1.70. The molecule has 100 valence electrons. The molecule has 5 heteroatoms. The molecule has 0 heterocycles. The number of hydrogen-bond donors (Lipinski definition) is 2. The predicted molar refractivity (Wildman–Crippen MR) is 70.0 cm³/mol. The number of rotatable bonds is 6. The lowest BCUT2D eigenvalue weighted by molar-refractivity contribution is -0.135. The van der Waals surface area contributed by atoms with Crippen LogP contribution in [0.3, 0.4) is 0 Å². The van der Waals surface area contributed by atoms with Crippen LogP contribution in [0.15, 0.2) is 24.3 Å². The zero-order valence-corrected chi connectivity index (χ0v) is 11.0. The SMILES string of the molecule is COC(OC)C(C)NC(=O)Cc1ccc(N)cc1. The number of amides is 1. The molecule has 0 bridgehead atoms. The molecule has 0 saturated heterocycles. The van der Waals surface area contributed by atoms with Crippen molar-refractivity contribution in [2.24, 2.45) is 0 Å². The Kier molecular flexibility index (Phi) is 5.61. The van der Waals surface area contributed by atoms with Gasteiger partial charge in [0.2, 0.25) is 5.91 Å². The van der Waals surface area contributed by atoms with Gasteiger partial charge in [0, 0.05) is 19.9 Å². The molecule has 0 fully saturated rings. The van der Waals surface area contributed by atoms with Gasteiger partial charge in [-0.2, -0.15) is 0 Å². The van der Waals surface area contributed by atoms with Crippen LogP contribution < -0.4 is 11.1 Å². The summed E-state index contributed by atoms with van der Waals surface area (Å²) < 4.78 is 10.1. The van der Waals surface area contributed by atoms with E-state index in [1.165, 1.54) is 14.2 Å². The van der Waals surface area contributed by atoms with Gasteiger partial charge in [-0.25, -0.2) is 0 Å². The molecule has 0 aliphatic rings. The third-order valence-electron chi connectivity index (χ3n) is 2.61. The van der Waals surface area contributed by atoms with E-state index in [0.29, 0.717) is 12.1 Å². The zero-order valence-electron chi connectivity index (χ0n) is 11.0. The number of anilines is 1. The van der Waals surface area contributed by atoms with Gasteiger partial charge < -0.3 is 20.5 Å². The Morgan fingerprint density at radius 3 is 2.33 bits per heavy atom. The Hall–Kier alpha value is -1.59. The van der Waals surface area contributed by atoms with E-state index >= 15 is 0 Å². The smallest absolute Gasteiger partial charge is 0.224 e. The third-order valence-corrected chi connectivity index (χ3v) is 2.61. The first kappa shape index (κ1) is 14.5. The molecule has 0 aliphatic carbocycles. The van der Waals surface area contributed by atoms with Crippen molar-refractivity contribution in [1.29, 1.82) is 0 Å². The number of nitrogens with one attached hydrogen (secondary N) is 1. The van der Waals surface area contributed by atoms with Crippen LogP contribution in [0.1, 0.15) is 12.5 Å². The second kappa shape index (κ2) is 6.98. The largest absolute Gasteiger partial charge is 0.399 e. The molecule has 1 rings (SSSR count). The molecule has 1 atom stereocenters. The second-order valence-electron chi connectivity index (χ2n) is 4.11. The first-order valence-corrected chi connectivity index (χ1v) is 5.76. The van der Waals surface area contributed by atoms with Gasteiger partial charge in [0.25, 0.3) is 0 Å². The topological polar surface area (TPSA) is 73.6 Å². The number of ether oxygens (including phenoxy) is 2. The van der Waals surface area contributed by atoms with Crippen molar-refractivity contribution in [2.75, 3.05) is 20.0 Å². The Labute approximate surface area is 107 Å². The summed E-state index contributed by atoms with van der Waals surface area (Å²) in [6, 6.07) is 7.02. The van der Waals surface area contributed by atoms with E-state index in [4.69, 9.17) is 15.2 Å². The number of carbonyl (C=O) groups is 1. The lowest BCUT2D eigenvalue weighted by Gasteiger charge is -2.22. The summed E-state index contributed by atoms with van der Waals surface area (Å²) in [7, 11) is 3.08. The minimum absolute atomic E-state index is 0.0774. The molecular weight excluding hydrogens is 232 g/mol. The van der Waals surface area contributed by atoms with Gasteiger partial charge in [-0.1, -0.05) is 12.1 Å². The van der Waals surface area contributed by atoms with Crippen molar-refractivity contribution in [3.05, 3.63) is 29.8 Å². The van der Waals surface area contributed by atoms with E-state index in [-0.39, 0.29) is 11.9 Å². The molecular formula is C13H20N2O3. The predicted octanol–water partition coefficient (Wildman–Crippen LogP) is 0.935. The summed E-state index contributed by atoms with van der Waals surface area (Å²) in [5.74, 6) is -0.0774. The molecule has 3 N–H and O–H groups in total. The number of methoxy groups -OCH3 is 2. The minimum Gasteiger partial charge on any atom is -0.399 e. The highest BCUT2D eigenvalue weighted by atomic mass is 16.7. The number of carbonyl (C=O) groups excluding carboxylic acids is 1. The molecule has 0 radical (unpaired) electrons. The molecule has 0 aliphatic heterocycles. The Morgan fingerprint density at radius 1 is 1.28 bits per heavy atom. The van der Waals surface area contributed by atoms with E-state index in [1.54, 1.807) is 12.1 Å². The maximum atomic E-state index is 11.8. The second-order valence-corrected chi connectivity index (χ2v) is 4.11. The van der Waals surface area contributed by atoms with Crippen LogP contribution in [0, 0.1) is 0 Å². The molecule has 1 aromatic carbocycles. The Bertz CT molecular complexity index is 374. The van der Waals surface area contributed by atoms with Gasteiger partial charge in [-0.05, 0) is 24.6 Å². The van der Waals surface area contributed by atoms with Crippen LogP contribution in [0.25, 0.3) is 0 Å². The van der Waals surface area contributed by atoms with E-state index in [0.717, 1.165) is 5.56 Å². The fourth-order valence-electron chi connectivity index (χ4n) is 1.70. The molecule has 0 spiro atoms. The Morgan fingerprint density at radius 2 is 1.83 bits per heavy atom. The molecule has 5 nitrogen and oxygen atoms in total. The number of nitrogen functional groups attached to an aromatic ring is 1. The van der Waals surface area contributed by atoms with Crippen molar-refractivity contribution in [3.8, 4) is 0 Å². The highest BCUT2D eigenvalue weighted by molar-refractivity contribution is 5.79.